The molecule has 2 heterocycles. The second-order valence-corrected chi connectivity index (χ2v) is 5.04. The highest BCUT2D eigenvalue weighted by Crippen LogP contribution is 2.51. The molecule has 0 aromatic heterocycles. The number of hydrogen-bond donors (Lipinski definition) is 0. The summed E-state index contributed by atoms with van der Waals surface area (Å²) < 4.78 is 6.22. The topological polar surface area (TPSA) is 9.23 Å². The monoisotopic (exact) mass is 234 g/mol. The number of fused-ring (bicyclic) bond motifs is 5. The zero-order valence-corrected chi connectivity index (χ0v) is 10.0. The molecule has 1 heteroatoms. The van der Waals surface area contributed by atoms with E-state index < -0.39 is 0 Å². The SMILES string of the molecule is C1=CC2(Cc3ccccc3)OC1c1ccccc12. The van der Waals surface area contributed by atoms with E-state index in [-0.39, 0.29) is 11.7 Å². The molecule has 4 rings (SSSR count). The highest BCUT2D eigenvalue weighted by molar-refractivity contribution is 5.48. The van der Waals surface area contributed by atoms with Crippen LogP contribution in [0, 0.1) is 0 Å². The van der Waals surface area contributed by atoms with Crippen molar-refractivity contribution >= 4 is 0 Å². The smallest absolute Gasteiger partial charge is 0.117 e. The molecule has 2 aliphatic rings. The van der Waals surface area contributed by atoms with E-state index in [1.807, 2.05) is 0 Å². The van der Waals surface area contributed by atoms with Crippen LogP contribution >= 0.6 is 0 Å². The van der Waals surface area contributed by atoms with E-state index in [2.05, 4.69) is 66.7 Å². The van der Waals surface area contributed by atoms with Crippen LogP contribution in [-0.4, -0.2) is 0 Å². The van der Waals surface area contributed by atoms with E-state index in [0.29, 0.717) is 0 Å². The predicted octanol–water partition coefficient (Wildman–Crippen LogP) is 3.77. The summed E-state index contributed by atoms with van der Waals surface area (Å²) in [6.45, 7) is 0. The molecule has 2 aromatic rings. The van der Waals surface area contributed by atoms with Gasteiger partial charge in [-0.2, -0.15) is 0 Å². The molecule has 0 N–H and O–H groups in total. The first kappa shape index (κ1) is 10.1. The molecule has 2 aliphatic heterocycles. The average molecular weight is 234 g/mol. The van der Waals surface area contributed by atoms with E-state index in [4.69, 9.17) is 4.74 Å². The third kappa shape index (κ3) is 1.31. The summed E-state index contributed by atoms with van der Waals surface area (Å²) in [4.78, 5) is 0. The molecule has 2 aromatic carbocycles. The van der Waals surface area contributed by atoms with Crippen LogP contribution in [0.1, 0.15) is 22.8 Å². The Morgan fingerprint density at radius 1 is 0.944 bits per heavy atom. The standard InChI is InChI=1S/C17H14O/c1-2-6-13(7-3-1)12-17-11-10-16(18-17)14-8-4-5-9-15(14)17/h1-11,16H,12H2. The van der Waals surface area contributed by atoms with Gasteiger partial charge in [-0.25, -0.2) is 0 Å². The number of ether oxygens (including phenoxy) is 1. The summed E-state index contributed by atoms with van der Waals surface area (Å²) in [6, 6.07) is 19.1. The maximum Gasteiger partial charge on any atom is 0.117 e. The second-order valence-electron chi connectivity index (χ2n) is 5.04. The Labute approximate surface area is 107 Å². The first-order chi connectivity index (χ1) is 8.87. The summed E-state index contributed by atoms with van der Waals surface area (Å²) in [5.74, 6) is 0. The number of rotatable bonds is 2. The lowest BCUT2D eigenvalue weighted by molar-refractivity contribution is -0.00229. The summed E-state index contributed by atoms with van der Waals surface area (Å²) in [6.07, 6.45) is 5.49. The van der Waals surface area contributed by atoms with E-state index in [1.165, 1.54) is 16.7 Å². The van der Waals surface area contributed by atoms with Crippen molar-refractivity contribution in [2.45, 2.75) is 18.1 Å². The van der Waals surface area contributed by atoms with Gasteiger partial charge in [-0.1, -0.05) is 60.7 Å². The minimum absolute atomic E-state index is 0.157. The fourth-order valence-electron chi connectivity index (χ4n) is 3.09. The molecule has 18 heavy (non-hydrogen) atoms. The van der Waals surface area contributed by atoms with Crippen LogP contribution in [-0.2, 0) is 16.8 Å². The Hall–Kier alpha value is -1.86. The predicted molar refractivity (Wildman–Crippen MR) is 71.2 cm³/mol. The fourth-order valence-corrected chi connectivity index (χ4v) is 3.09. The number of hydrogen-bond acceptors (Lipinski definition) is 1. The van der Waals surface area contributed by atoms with E-state index in [1.54, 1.807) is 0 Å². The van der Waals surface area contributed by atoms with Crippen molar-refractivity contribution in [3.05, 3.63) is 83.4 Å². The zero-order chi connectivity index (χ0) is 12.0. The van der Waals surface area contributed by atoms with Crippen LogP contribution in [0.4, 0.5) is 0 Å². The lowest BCUT2D eigenvalue weighted by atomic mass is 9.83. The van der Waals surface area contributed by atoms with Gasteiger partial charge in [0.2, 0.25) is 0 Å². The molecule has 0 aliphatic carbocycles. The van der Waals surface area contributed by atoms with Crippen molar-refractivity contribution in [2.75, 3.05) is 0 Å². The van der Waals surface area contributed by atoms with Gasteiger partial charge in [-0.15, -0.1) is 0 Å². The van der Waals surface area contributed by atoms with Crippen molar-refractivity contribution in [1.82, 2.24) is 0 Å². The van der Waals surface area contributed by atoms with Gasteiger partial charge in [-0.3, -0.25) is 0 Å². The van der Waals surface area contributed by atoms with Crippen LogP contribution in [0.2, 0.25) is 0 Å². The second kappa shape index (κ2) is 3.56. The molecule has 0 saturated carbocycles. The van der Waals surface area contributed by atoms with Crippen LogP contribution < -0.4 is 0 Å². The minimum Gasteiger partial charge on any atom is -0.354 e. The summed E-state index contributed by atoms with van der Waals surface area (Å²) in [7, 11) is 0. The third-order valence-electron chi connectivity index (χ3n) is 3.91. The normalized spacial score (nSPS) is 27.4. The van der Waals surface area contributed by atoms with Gasteiger partial charge in [0, 0.05) is 6.42 Å². The molecule has 2 atom stereocenters. The first-order valence-electron chi connectivity index (χ1n) is 6.38. The minimum atomic E-state index is -0.234. The molecule has 88 valence electrons. The van der Waals surface area contributed by atoms with Crippen molar-refractivity contribution < 1.29 is 4.74 Å². The Balaban J connectivity index is 1.79. The van der Waals surface area contributed by atoms with Crippen molar-refractivity contribution in [1.29, 1.82) is 0 Å². The summed E-state index contributed by atoms with van der Waals surface area (Å²) in [5.41, 5.74) is 3.75. The Morgan fingerprint density at radius 3 is 2.61 bits per heavy atom. The Kier molecular flexibility index (Phi) is 2.00. The number of benzene rings is 2. The lowest BCUT2D eigenvalue weighted by Gasteiger charge is -2.24. The maximum absolute atomic E-state index is 6.22. The van der Waals surface area contributed by atoms with Crippen LogP contribution in [0.3, 0.4) is 0 Å². The van der Waals surface area contributed by atoms with Crippen LogP contribution in [0.5, 0.6) is 0 Å². The first-order valence-corrected chi connectivity index (χ1v) is 6.38. The van der Waals surface area contributed by atoms with E-state index in [0.717, 1.165) is 6.42 Å². The van der Waals surface area contributed by atoms with Gasteiger partial charge in [0.05, 0.1) is 0 Å². The Bertz CT molecular complexity index is 615. The summed E-state index contributed by atoms with van der Waals surface area (Å²) in [5, 5.41) is 0. The molecular formula is C17H14O. The van der Waals surface area contributed by atoms with Crippen molar-refractivity contribution in [3.63, 3.8) is 0 Å². The maximum atomic E-state index is 6.22. The van der Waals surface area contributed by atoms with Crippen LogP contribution in [0.25, 0.3) is 0 Å². The molecule has 0 fully saturated rings. The summed E-state index contributed by atoms with van der Waals surface area (Å²) >= 11 is 0. The quantitative estimate of drug-likeness (QED) is 0.719. The Morgan fingerprint density at radius 2 is 1.72 bits per heavy atom. The lowest BCUT2D eigenvalue weighted by Crippen LogP contribution is -2.23. The van der Waals surface area contributed by atoms with Crippen LogP contribution in [0.15, 0.2) is 66.7 Å². The fraction of sp³-hybridized carbons (Fsp3) is 0.176. The van der Waals surface area contributed by atoms with Gasteiger partial charge < -0.3 is 4.74 Å². The van der Waals surface area contributed by atoms with Gasteiger partial charge in [0.25, 0.3) is 0 Å². The van der Waals surface area contributed by atoms with E-state index >= 15 is 0 Å². The van der Waals surface area contributed by atoms with Gasteiger partial charge in [0.1, 0.15) is 11.7 Å². The molecular weight excluding hydrogens is 220 g/mol. The van der Waals surface area contributed by atoms with Crippen molar-refractivity contribution in [2.24, 2.45) is 0 Å². The molecule has 2 unspecified atom stereocenters. The molecule has 2 bridgehead atoms. The highest BCUT2D eigenvalue weighted by Gasteiger charge is 2.46. The van der Waals surface area contributed by atoms with Gasteiger partial charge >= 0.3 is 0 Å². The van der Waals surface area contributed by atoms with Gasteiger partial charge in [-0.05, 0) is 22.8 Å². The average Bonchev–Trinajstić information content (AvgIpc) is 2.97. The largest absolute Gasteiger partial charge is 0.354 e. The highest BCUT2D eigenvalue weighted by atomic mass is 16.5. The molecule has 0 spiro atoms. The molecule has 0 saturated heterocycles. The van der Waals surface area contributed by atoms with E-state index in [9.17, 15) is 0 Å². The van der Waals surface area contributed by atoms with Crippen molar-refractivity contribution in [3.8, 4) is 0 Å². The molecule has 1 nitrogen and oxygen atoms in total. The zero-order valence-electron chi connectivity index (χ0n) is 10.0. The third-order valence-corrected chi connectivity index (χ3v) is 3.91. The molecule has 0 radical (unpaired) electrons. The molecule has 0 amide bonds. The van der Waals surface area contributed by atoms with Gasteiger partial charge in [0.15, 0.2) is 0 Å².